The van der Waals surface area contributed by atoms with Gasteiger partial charge in [-0.25, -0.2) is 0 Å². The Hall–Kier alpha value is -1.73. The van der Waals surface area contributed by atoms with E-state index in [-0.39, 0.29) is 10.1 Å². The van der Waals surface area contributed by atoms with Crippen LogP contribution in [0.15, 0.2) is 43.7 Å². The molecule has 5 nitrogen and oxygen atoms in total. The second-order valence-electron chi connectivity index (χ2n) is 3.76. The molecule has 1 heterocycles. The van der Waals surface area contributed by atoms with Gasteiger partial charge in [-0.1, -0.05) is 12.1 Å². The van der Waals surface area contributed by atoms with Crippen LogP contribution < -0.4 is 5.11 Å². The summed E-state index contributed by atoms with van der Waals surface area (Å²) < 4.78 is 5.14. The molecule has 104 valence electrons. The Balaban J connectivity index is 2.22. The number of benzene rings is 1. The Morgan fingerprint density at radius 3 is 2.50 bits per heavy atom. The highest BCUT2D eigenvalue weighted by atomic mass is 32.2. The van der Waals surface area contributed by atoms with Crippen LogP contribution in [-0.4, -0.2) is 22.4 Å². The van der Waals surface area contributed by atoms with E-state index in [1.54, 1.807) is 18.7 Å². The summed E-state index contributed by atoms with van der Waals surface area (Å²) in [4.78, 5) is 12.3. The smallest absolute Gasteiger partial charge is 0.281 e. The van der Waals surface area contributed by atoms with E-state index in [1.165, 1.54) is 6.08 Å². The van der Waals surface area contributed by atoms with Crippen molar-refractivity contribution in [2.24, 2.45) is 0 Å². The van der Waals surface area contributed by atoms with E-state index < -0.39 is 5.97 Å². The predicted octanol–water partition coefficient (Wildman–Crippen LogP) is 1.98. The van der Waals surface area contributed by atoms with Crippen LogP contribution in [0.5, 0.6) is 0 Å². The topological polar surface area (TPSA) is 79.0 Å². The highest BCUT2D eigenvalue weighted by Crippen LogP contribution is 2.27. The highest BCUT2D eigenvalue weighted by Gasteiger charge is 2.08. The van der Waals surface area contributed by atoms with E-state index in [4.69, 9.17) is 4.42 Å². The van der Waals surface area contributed by atoms with Crippen molar-refractivity contribution in [1.29, 1.82) is 0 Å². The molecule has 0 atom stereocenters. The van der Waals surface area contributed by atoms with Gasteiger partial charge in [-0.3, -0.25) is 0 Å². The van der Waals surface area contributed by atoms with Crippen molar-refractivity contribution in [2.45, 2.75) is 17.0 Å². The molecule has 0 aliphatic heterocycles. The van der Waals surface area contributed by atoms with E-state index in [1.807, 2.05) is 30.5 Å². The SMILES string of the molecule is CSc1ccc(/C=C(\Sc2nnc(C)o2)C(=O)[O-])cc1. The maximum absolute atomic E-state index is 11.1. The summed E-state index contributed by atoms with van der Waals surface area (Å²) in [5.74, 6) is -0.894. The molecule has 0 radical (unpaired) electrons. The van der Waals surface area contributed by atoms with Crippen LogP contribution in [0.25, 0.3) is 6.08 Å². The first-order chi connectivity index (χ1) is 9.58. The van der Waals surface area contributed by atoms with Crippen LogP contribution in [0, 0.1) is 6.92 Å². The van der Waals surface area contributed by atoms with Gasteiger partial charge in [0.25, 0.3) is 5.22 Å². The van der Waals surface area contributed by atoms with E-state index >= 15 is 0 Å². The molecule has 0 aliphatic rings. The molecule has 0 aliphatic carbocycles. The standard InChI is InChI=1S/C13H12N2O3S2/c1-8-14-15-13(18-8)20-11(12(16)17)7-9-3-5-10(19-2)6-4-9/h3-7H,1-2H3,(H,16,17)/p-1/b11-7-. The summed E-state index contributed by atoms with van der Waals surface area (Å²) in [6, 6.07) is 7.53. The van der Waals surface area contributed by atoms with Gasteiger partial charge in [0.05, 0.1) is 5.97 Å². The van der Waals surface area contributed by atoms with Crippen LogP contribution in [0.3, 0.4) is 0 Å². The van der Waals surface area contributed by atoms with Gasteiger partial charge < -0.3 is 14.3 Å². The van der Waals surface area contributed by atoms with Gasteiger partial charge in [0.1, 0.15) is 0 Å². The number of rotatable bonds is 5. The van der Waals surface area contributed by atoms with Crippen molar-refractivity contribution in [3.8, 4) is 0 Å². The quantitative estimate of drug-likeness (QED) is 0.617. The molecule has 0 unspecified atom stereocenters. The Kier molecular flexibility index (Phi) is 4.86. The normalized spacial score (nSPS) is 11.6. The van der Waals surface area contributed by atoms with Crippen LogP contribution >= 0.6 is 23.5 Å². The summed E-state index contributed by atoms with van der Waals surface area (Å²) in [6.45, 7) is 1.64. The third kappa shape index (κ3) is 3.88. The molecular weight excluding hydrogens is 296 g/mol. The van der Waals surface area contributed by atoms with Crippen molar-refractivity contribution >= 4 is 35.6 Å². The zero-order valence-electron chi connectivity index (χ0n) is 10.8. The molecule has 1 aromatic heterocycles. The molecule has 0 amide bonds. The molecule has 0 bridgehead atoms. The molecule has 0 fully saturated rings. The van der Waals surface area contributed by atoms with Gasteiger partial charge in [0.2, 0.25) is 5.89 Å². The second-order valence-corrected chi connectivity index (χ2v) is 5.63. The lowest BCUT2D eigenvalue weighted by atomic mass is 10.2. The summed E-state index contributed by atoms with van der Waals surface area (Å²) in [5, 5.41) is 18.7. The van der Waals surface area contributed by atoms with Gasteiger partial charge in [0, 0.05) is 16.7 Å². The Morgan fingerprint density at radius 2 is 2.00 bits per heavy atom. The minimum atomic E-state index is -1.28. The van der Waals surface area contributed by atoms with Gasteiger partial charge in [-0.2, -0.15) is 0 Å². The van der Waals surface area contributed by atoms with Crippen molar-refractivity contribution in [3.63, 3.8) is 0 Å². The zero-order chi connectivity index (χ0) is 14.5. The lowest BCUT2D eigenvalue weighted by molar-refractivity contribution is -0.298. The molecule has 0 N–H and O–H groups in total. The molecule has 0 saturated carbocycles. The number of aromatic nitrogens is 2. The number of aliphatic carboxylic acids is 1. The summed E-state index contributed by atoms with van der Waals surface area (Å²) in [5.41, 5.74) is 0.769. The van der Waals surface area contributed by atoms with Gasteiger partial charge in [0.15, 0.2) is 0 Å². The van der Waals surface area contributed by atoms with Crippen molar-refractivity contribution in [2.75, 3.05) is 6.26 Å². The number of nitrogens with zero attached hydrogens (tertiary/aromatic N) is 2. The Labute approximate surface area is 124 Å². The summed E-state index contributed by atoms with van der Waals surface area (Å²) >= 11 is 2.50. The molecule has 0 saturated heterocycles. The lowest BCUT2D eigenvalue weighted by Gasteiger charge is -2.05. The van der Waals surface area contributed by atoms with Gasteiger partial charge in [-0.15, -0.1) is 22.0 Å². The third-order valence-electron chi connectivity index (χ3n) is 2.32. The molecule has 0 spiro atoms. The van der Waals surface area contributed by atoms with E-state index in [9.17, 15) is 9.90 Å². The molecular formula is C13H11N2O3S2-. The minimum absolute atomic E-state index is 0.0190. The first-order valence-corrected chi connectivity index (χ1v) is 7.67. The molecule has 20 heavy (non-hydrogen) atoms. The number of thioether (sulfide) groups is 2. The number of carboxylic acid groups (broad SMARTS) is 1. The number of hydrogen-bond acceptors (Lipinski definition) is 7. The van der Waals surface area contributed by atoms with Crippen LogP contribution in [0.2, 0.25) is 0 Å². The monoisotopic (exact) mass is 307 g/mol. The van der Waals surface area contributed by atoms with Crippen molar-refractivity contribution in [1.82, 2.24) is 10.2 Å². The predicted molar refractivity (Wildman–Crippen MR) is 76.1 cm³/mol. The minimum Gasteiger partial charge on any atom is -0.544 e. The van der Waals surface area contributed by atoms with Crippen LogP contribution in [0.1, 0.15) is 11.5 Å². The summed E-state index contributed by atoms with van der Waals surface area (Å²) in [7, 11) is 0. The van der Waals surface area contributed by atoms with E-state index in [0.717, 1.165) is 22.2 Å². The Morgan fingerprint density at radius 1 is 1.30 bits per heavy atom. The summed E-state index contributed by atoms with van der Waals surface area (Å²) in [6.07, 6.45) is 3.49. The Bertz CT molecular complexity index is 635. The largest absolute Gasteiger partial charge is 0.544 e. The first kappa shape index (κ1) is 14.7. The number of carboxylic acids is 1. The maximum atomic E-state index is 11.1. The van der Waals surface area contributed by atoms with Gasteiger partial charge in [-0.05, 0) is 41.8 Å². The number of carbonyl (C=O) groups excluding carboxylic acids is 1. The number of aryl methyl sites for hydroxylation is 1. The maximum Gasteiger partial charge on any atom is 0.281 e. The molecule has 2 aromatic rings. The molecule has 2 rings (SSSR count). The average Bonchev–Trinajstić information content (AvgIpc) is 2.84. The van der Waals surface area contributed by atoms with Crippen molar-refractivity contribution < 1.29 is 14.3 Å². The second kappa shape index (κ2) is 6.62. The van der Waals surface area contributed by atoms with E-state index in [2.05, 4.69) is 10.2 Å². The number of hydrogen-bond donors (Lipinski definition) is 0. The average molecular weight is 307 g/mol. The number of carbonyl (C=O) groups is 1. The fourth-order valence-corrected chi connectivity index (χ4v) is 2.51. The van der Waals surface area contributed by atoms with Crippen LogP contribution in [0.4, 0.5) is 0 Å². The third-order valence-corrected chi connectivity index (χ3v) is 3.91. The first-order valence-electron chi connectivity index (χ1n) is 5.63. The molecule has 1 aromatic carbocycles. The molecule has 7 heteroatoms. The van der Waals surface area contributed by atoms with Crippen LogP contribution in [-0.2, 0) is 4.79 Å². The highest BCUT2D eigenvalue weighted by molar-refractivity contribution is 8.03. The van der Waals surface area contributed by atoms with Gasteiger partial charge >= 0.3 is 0 Å². The fraction of sp³-hybridized carbons (Fsp3) is 0.154. The van der Waals surface area contributed by atoms with E-state index in [0.29, 0.717) is 5.89 Å². The zero-order valence-corrected chi connectivity index (χ0v) is 12.5. The lowest BCUT2D eigenvalue weighted by Crippen LogP contribution is -2.23. The van der Waals surface area contributed by atoms with Crippen molar-refractivity contribution in [3.05, 3.63) is 40.6 Å². The fourth-order valence-electron chi connectivity index (χ4n) is 1.40.